The highest BCUT2D eigenvalue weighted by Gasteiger charge is 2.21. The lowest BCUT2D eigenvalue weighted by Crippen LogP contribution is -2.21. The predicted octanol–water partition coefficient (Wildman–Crippen LogP) is 2.47. The van der Waals surface area contributed by atoms with E-state index in [1.54, 1.807) is 6.07 Å². The Labute approximate surface area is 129 Å². The zero-order valence-electron chi connectivity index (χ0n) is 11.8. The van der Waals surface area contributed by atoms with E-state index in [9.17, 15) is 8.42 Å². The first-order chi connectivity index (χ1) is 9.89. The van der Waals surface area contributed by atoms with Crippen LogP contribution in [0.5, 0.6) is 0 Å². The highest BCUT2D eigenvalue weighted by molar-refractivity contribution is 7.88. The molecule has 1 aromatic heterocycles. The number of nitrogens with zero attached hydrogens (tertiary/aromatic N) is 1. The molecule has 5 nitrogen and oxygen atoms in total. The number of rotatable bonds is 6. The predicted molar refractivity (Wildman–Crippen MR) is 81.6 cm³/mol. The molecule has 114 valence electrons. The summed E-state index contributed by atoms with van der Waals surface area (Å²) in [6, 6.07) is 10.6. The van der Waals surface area contributed by atoms with Gasteiger partial charge in [0.15, 0.2) is 0 Å². The topological polar surface area (TPSA) is 62.6 Å². The fraction of sp³-hybridized carbons (Fsp3) is 0.286. The number of sulfonamides is 1. The van der Waals surface area contributed by atoms with Crippen molar-refractivity contribution in [1.82, 2.24) is 9.62 Å². The normalized spacial score (nSPS) is 12.0. The Kier molecular flexibility index (Phi) is 5.05. The Morgan fingerprint density at radius 1 is 1.10 bits per heavy atom. The molecule has 0 aliphatic rings. The zero-order valence-corrected chi connectivity index (χ0v) is 13.4. The molecule has 1 heterocycles. The first-order valence-corrected chi connectivity index (χ1v) is 8.18. The SMILES string of the molecule is CN(C)S(=O)(=O)c1ccc(CNCc2ccc(Cl)cc2)o1. The quantitative estimate of drug-likeness (QED) is 0.885. The number of benzene rings is 1. The minimum Gasteiger partial charge on any atom is -0.447 e. The van der Waals surface area contributed by atoms with Gasteiger partial charge in [-0.05, 0) is 29.8 Å². The van der Waals surface area contributed by atoms with E-state index in [4.69, 9.17) is 16.0 Å². The summed E-state index contributed by atoms with van der Waals surface area (Å²) in [5.41, 5.74) is 1.09. The average molecular weight is 329 g/mol. The molecule has 1 N–H and O–H groups in total. The van der Waals surface area contributed by atoms with Crippen LogP contribution in [0.15, 0.2) is 45.9 Å². The van der Waals surface area contributed by atoms with Crippen LogP contribution < -0.4 is 5.32 Å². The van der Waals surface area contributed by atoms with Crippen molar-refractivity contribution in [3.05, 3.63) is 52.7 Å². The summed E-state index contributed by atoms with van der Waals surface area (Å²) >= 11 is 5.82. The minimum absolute atomic E-state index is 0.0456. The molecule has 0 spiro atoms. The van der Waals surface area contributed by atoms with Crippen molar-refractivity contribution in [3.8, 4) is 0 Å². The standard InChI is InChI=1S/C14H17ClN2O3S/c1-17(2)21(18,19)14-8-7-13(20-14)10-16-9-11-3-5-12(15)6-4-11/h3-8,16H,9-10H2,1-2H3. The minimum atomic E-state index is -3.51. The van der Waals surface area contributed by atoms with Crippen molar-refractivity contribution >= 4 is 21.6 Å². The third kappa shape index (κ3) is 4.07. The third-order valence-electron chi connectivity index (χ3n) is 2.91. The average Bonchev–Trinajstić information content (AvgIpc) is 2.90. The van der Waals surface area contributed by atoms with Crippen LogP contribution in [0.25, 0.3) is 0 Å². The lowest BCUT2D eigenvalue weighted by atomic mass is 10.2. The molecule has 0 aliphatic carbocycles. The van der Waals surface area contributed by atoms with E-state index in [-0.39, 0.29) is 5.09 Å². The van der Waals surface area contributed by atoms with Gasteiger partial charge in [0.05, 0.1) is 6.54 Å². The Morgan fingerprint density at radius 2 is 1.76 bits per heavy atom. The zero-order chi connectivity index (χ0) is 15.5. The summed E-state index contributed by atoms with van der Waals surface area (Å²) in [5, 5.41) is 3.84. The largest absolute Gasteiger partial charge is 0.447 e. The van der Waals surface area contributed by atoms with Crippen molar-refractivity contribution in [1.29, 1.82) is 0 Å². The lowest BCUT2D eigenvalue weighted by Gasteiger charge is -2.08. The van der Waals surface area contributed by atoms with E-state index in [1.807, 2.05) is 24.3 Å². The maximum atomic E-state index is 11.9. The Balaban J connectivity index is 1.93. The molecular weight excluding hydrogens is 312 g/mol. The molecule has 2 aromatic rings. The molecule has 0 fully saturated rings. The second-order valence-corrected chi connectivity index (χ2v) is 7.26. The van der Waals surface area contributed by atoms with Crippen LogP contribution in [0.3, 0.4) is 0 Å². The Hall–Kier alpha value is -1.34. The van der Waals surface area contributed by atoms with Gasteiger partial charge in [-0.1, -0.05) is 23.7 Å². The summed E-state index contributed by atoms with van der Waals surface area (Å²) in [4.78, 5) is 0. The van der Waals surface area contributed by atoms with Crippen molar-refractivity contribution in [2.24, 2.45) is 0 Å². The molecule has 0 unspecified atom stereocenters. The van der Waals surface area contributed by atoms with E-state index in [2.05, 4.69) is 5.32 Å². The Bertz CT molecular complexity index is 693. The van der Waals surface area contributed by atoms with E-state index in [1.165, 1.54) is 20.2 Å². The number of hydrogen-bond acceptors (Lipinski definition) is 4. The van der Waals surface area contributed by atoms with Gasteiger partial charge in [-0.15, -0.1) is 0 Å². The maximum absolute atomic E-state index is 11.9. The molecule has 0 aliphatic heterocycles. The number of furan rings is 1. The monoisotopic (exact) mass is 328 g/mol. The van der Waals surface area contributed by atoms with E-state index in [0.717, 1.165) is 9.87 Å². The van der Waals surface area contributed by atoms with Crippen molar-refractivity contribution < 1.29 is 12.8 Å². The van der Waals surface area contributed by atoms with E-state index in [0.29, 0.717) is 23.9 Å². The van der Waals surface area contributed by atoms with Gasteiger partial charge in [-0.2, -0.15) is 0 Å². The van der Waals surface area contributed by atoms with Crippen LogP contribution in [0, 0.1) is 0 Å². The van der Waals surface area contributed by atoms with Crippen LogP contribution in [0.1, 0.15) is 11.3 Å². The van der Waals surface area contributed by atoms with Gasteiger partial charge >= 0.3 is 0 Å². The molecule has 0 amide bonds. The molecule has 0 saturated carbocycles. The summed E-state index contributed by atoms with van der Waals surface area (Å²) in [5.74, 6) is 0.574. The van der Waals surface area contributed by atoms with Crippen LogP contribution >= 0.6 is 11.6 Å². The number of halogens is 1. The van der Waals surface area contributed by atoms with Crippen molar-refractivity contribution in [3.63, 3.8) is 0 Å². The summed E-state index contributed by atoms with van der Waals surface area (Å²) in [7, 11) is -0.577. The molecule has 7 heteroatoms. The van der Waals surface area contributed by atoms with Crippen LogP contribution in [-0.2, 0) is 23.1 Å². The fourth-order valence-corrected chi connectivity index (χ4v) is 2.64. The van der Waals surface area contributed by atoms with Gasteiger partial charge in [0.1, 0.15) is 5.76 Å². The van der Waals surface area contributed by atoms with Crippen molar-refractivity contribution in [2.75, 3.05) is 14.1 Å². The fourth-order valence-electron chi connectivity index (χ4n) is 1.70. The van der Waals surface area contributed by atoms with Gasteiger partial charge < -0.3 is 9.73 Å². The summed E-state index contributed by atoms with van der Waals surface area (Å²) in [6.45, 7) is 1.10. The summed E-state index contributed by atoms with van der Waals surface area (Å²) < 4.78 is 30.2. The third-order valence-corrected chi connectivity index (χ3v) is 4.85. The van der Waals surface area contributed by atoms with E-state index >= 15 is 0 Å². The maximum Gasteiger partial charge on any atom is 0.275 e. The number of hydrogen-bond donors (Lipinski definition) is 1. The van der Waals surface area contributed by atoms with Gasteiger partial charge in [0.25, 0.3) is 10.0 Å². The highest BCUT2D eigenvalue weighted by atomic mass is 35.5. The van der Waals surface area contributed by atoms with Gasteiger partial charge in [0.2, 0.25) is 5.09 Å². The molecular formula is C14H17ClN2O3S. The smallest absolute Gasteiger partial charge is 0.275 e. The molecule has 0 bridgehead atoms. The van der Waals surface area contributed by atoms with Gasteiger partial charge in [-0.3, -0.25) is 0 Å². The number of nitrogens with one attached hydrogen (secondary N) is 1. The second kappa shape index (κ2) is 6.62. The second-order valence-electron chi connectivity index (χ2n) is 4.74. The summed E-state index contributed by atoms with van der Waals surface area (Å²) in [6.07, 6.45) is 0. The molecule has 0 saturated heterocycles. The molecule has 2 rings (SSSR count). The van der Waals surface area contributed by atoms with Crippen LogP contribution in [-0.4, -0.2) is 26.8 Å². The van der Waals surface area contributed by atoms with Gasteiger partial charge in [0, 0.05) is 25.7 Å². The lowest BCUT2D eigenvalue weighted by molar-refractivity contribution is 0.389. The molecule has 1 aromatic carbocycles. The van der Waals surface area contributed by atoms with Crippen LogP contribution in [0.4, 0.5) is 0 Å². The molecule has 0 radical (unpaired) electrons. The molecule has 0 atom stereocenters. The molecule has 21 heavy (non-hydrogen) atoms. The highest BCUT2D eigenvalue weighted by Crippen LogP contribution is 2.17. The van der Waals surface area contributed by atoms with Crippen molar-refractivity contribution in [2.45, 2.75) is 18.2 Å². The first kappa shape index (κ1) is 16.0. The first-order valence-electron chi connectivity index (χ1n) is 6.36. The van der Waals surface area contributed by atoms with Crippen LogP contribution in [0.2, 0.25) is 5.02 Å². The Morgan fingerprint density at radius 3 is 2.38 bits per heavy atom. The van der Waals surface area contributed by atoms with E-state index < -0.39 is 10.0 Å². The van der Waals surface area contributed by atoms with Gasteiger partial charge in [-0.25, -0.2) is 12.7 Å².